The Morgan fingerprint density at radius 3 is 2.28 bits per heavy atom. The SMILES string of the molecule is CCN(CC)S(=O)(=O)c1cc(C(=O)OCC(=O)N2C[C@H](C)C[C@@H](C)C2)ccc1C. The number of amides is 1. The van der Waals surface area contributed by atoms with Crippen molar-refractivity contribution in [2.24, 2.45) is 11.8 Å². The van der Waals surface area contributed by atoms with E-state index in [0.717, 1.165) is 6.42 Å². The third-order valence-electron chi connectivity index (χ3n) is 5.30. The van der Waals surface area contributed by atoms with Crippen LogP contribution in [0.3, 0.4) is 0 Å². The molecule has 29 heavy (non-hydrogen) atoms. The Labute approximate surface area is 174 Å². The molecule has 7 nitrogen and oxygen atoms in total. The third kappa shape index (κ3) is 5.57. The average Bonchev–Trinajstić information content (AvgIpc) is 2.66. The van der Waals surface area contributed by atoms with Crippen LogP contribution in [0.5, 0.6) is 0 Å². The zero-order chi connectivity index (χ0) is 21.8. The highest BCUT2D eigenvalue weighted by molar-refractivity contribution is 7.89. The number of rotatable bonds is 7. The molecule has 1 aromatic carbocycles. The number of esters is 1. The molecule has 1 heterocycles. The van der Waals surface area contributed by atoms with Gasteiger partial charge >= 0.3 is 5.97 Å². The Balaban J connectivity index is 2.11. The van der Waals surface area contributed by atoms with Crippen LogP contribution in [0.4, 0.5) is 0 Å². The zero-order valence-electron chi connectivity index (χ0n) is 18.0. The van der Waals surface area contributed by atoms with Crippen molar-refractivity contribution in [2.75, 3.05) is 32.8 Å². The Morgan fingerprint density at radius 1 is 1.14 bits per heavy atom. The summed E-state index contributed by atoms with van der Waals surface area (Å²) in [5.41, 5.74) is 0.676. The van der Waals surface area contributed by atoms with E-state index in [0.29, 0.717) is 43.6 Å². The molecule has 1 amide bonds. The Morgan fingerprint density at radius 2 is 1.72 bits per heavy atom. The molecule has 8 heteroatoms. The number of carbonyl (C=O) groups excluding carboxylic acids is 2. The first-order valence-electron chi connectivity index (χ1n) is 10.2. The van der Waals surface area contributed by atoms with Gasteiger partial charge in [-0.1, -0.05) is 33.8 Å². The van der Waals surface area contributed by atoms with Crippen molar-refractivity contribution in [3.05, 3.63) is 29.3 Å². The molecule has 1 fully saturated rings. The van der Waals surface area contributed by atoms with Crippen molar-refractivity contribution >= 4 is 21.9 Å². The molecule has 0 unspecified atom stereocenters. The Bertz CT molecular complexity index is 839. The van der Waals surface area contributed by atoms with Crippen LogP contribution in [0.2, 0.25) is 0 Å². The van der Waals surface area contributed by atoms with Crippen molar-refractivity contribution in [3.8, 4) is 0 Å². The molecule has 0 aliphatic carbocycles. The average molecular weight is 425 g/mol. The number of nitrogens with zero attached hydrogens (tertiary/aromatic N) is 2. The summed E-state index contributed by atoms with van der Waals surface area (Å²) in [5.74, 6) is -0.0843. The number of ether oxygens (including phenoxy) is 1. The second-order valence-electron chi connectivity index (χ2n) is 7.89. The zero-order valence-corrected chi connectivity index (χ0v) is 18.8. The van der Waals surface area contributed by atoms with Crippen molar-refractivity contribution in [1.29, 1.82) is 0 Å². The lowest BCUT2D eigenvalue weighted by Gasteiger charge is -2.34. The molecular formula is C21H32N2O5S. The van der Waals surface area contributed by atoms with Gasteiger partial charge in [-0.2, -0.15) is 4.31 Å². The number of sulfonamides is 1. The number of piperidine rings is 1. The predicted molar refractivity (Wildman–Crippen MR) is 111 cm³/mol. The lowest BCUT2D eigenvalue weighted by atomic mass is 9.92. The van der Waals surface area contributed by atoms with Crippen LogP contribution >= 0.6 is 0 Å². The van der Waals surface area contributed by atoms with Gasteiger partial charge in [-0.15, -0.1) is 0 Å². The summed E-state index contributed by atoms with van der Waals surface area (Å²) in [6.45, 7) is 11.1. The van der Waals surface area contributed by atoms with Gasteiger partial charge in [-0.25, -0.2) is 13.2 Å². The largest absolute Gasteiger partial charge is 0.452 e. The van der Waals surface area contributed by atoms with E-state index in [1.54, 1.807) is 31.7 Å². The number of benzene rings is 1. The lowest BCUT2D eigenvalue weighted by molar-refractivity contribution is -0.137. The van der Waals surface area contributed by atoms with Gasteiger partial charge in [0.05, 0.1) is 10.5 Å². The molecule has 0 saturated carbocycles. The fourth-order valence-electron chi connectivity index (χ4n) is 3.88. The first kappa shape index (κ1) is 23.3. The summed E-state index contributed by atoms with van der Waals surface area (Å²) >= 11 is 0. The van der Waals surface area contributed by atoms with Crippen molar-refractivity contribution in [2.45, 2.75) is 45.9 Å². The van der Waals surface area contributed by atoms with E-state index in [1.165, 1.54) is 16.4 Å². The molecule has 0 aromatic heterocycles. The third-order valence-corrected chi connectivity index (χ3v) is 7.49. The van der Waals surface area contributed by atoms with Gasteiger partial charge < -0.3 is 9.64 Å². The second kappa shape index (κ2) is 9.71. The van der Waals surface area contributed by atoms with Gasteiger partial charge in [0.2, 0.25) is 10.0 Å². The van der Waals surface area contributed by atoms with Crippen molar-refractivity contribution in [3.63, 3.8) is 0 Å². The lowest BCUT2D eigenvalue weighted by Crippen LogP contribution is -2.44. The van der Waals surface area contributed by atoms with Gasteiger partial charge in [-0.05, 0) is 42.9 Å². The van der Waals surface area contributed by atoms with Crippen LogP contribution < -0.4 is 0 Å². The molecule has 0 spiro atoms. The summed E-state index contributed by atoms with van der Waals surface area (Å²) in [6, 6.07) is 4.44. The van der Waals surface area contributed by atoms with Crippen molar-refractivity contribution < 1.29 is 22.7 Å². The van der Waals surface area contributed by atoms with Crippen LogP contribution in [0.1, 0.15) is 50.0 Å². The summed E-state index contributed by atoms with van der Waals surface area (Å²) in [6.07, 6.45) is 1.08. The molecule has 1 aromatic rings. The summed E-state index contributed by atoms with van der Waals surface area (Å²) in [5, 5.41) is 0. The van der Waals surface area contributed by atoms with E-state index >= 15 is 0 Å². The van der Waals surface area contributed by atoms with Crippen molar-refractivity contribution in [1.82, 2.24) is 9.21 Å². The standard InChI is InChI=1S/C21H32N2O5S/c1-6-23(7-2)29(26,27)19-11-18(9-8-17(19)5)21(25)28-14-20(24)22-12-15(3)10-16(4)13-22/h8-9,11,15-16H,6-7,10,12-14H2,1-5H3/t15-,16-/m1/s1. The molecule has 2 atom stereocenters. The monoisotopic (exact) mass is 424 g/mol. The highest BCUT2D eigenvalue weighted by Crippen LogP contribution is 2.23. The van der Waals surface area contributed by atoms with Crippen LogP contribution in [-0.4, -0.2) is 62.3 Å². The maximum Gasteiger partial charge on any atom is 0.338 e. The minimum Gasteiger partial charge on any atom is -0.452 e. The van der Waals surface area contributed by atoms with E-state index < -0.39 is 16.0 Å². The maximum atomic E-state index is 12.8. The van der Waals surface area contributed by atoms with E-state index in [4.69, 9.17) is 4.74 Å². The minimum atomic E-state index is -3.70. The van der Waals surface area contributed by atoms with E-state index in [9.17, 15) is 18.0 Å². The summed E-state index contributed by atoms with van der Waals surface area (Å²) in [7, 11) is -3.70. The van der Waals surface area contributed by atoms with Gasteiger partial charge in [0, 0.05) is 26.2 Å². The van der Waals surface area contributed by atoms with Gasteiger partial charge in [0.15, 0.2) is 6.61 Å². The van der Waals surface area contributed by atoms with E-state index in [2.05, 4.69) is 13.8 Å². The van der Waals surface area contributed by atoms with Crippen LogP contribution in [0.25, 0.3) is 0 Å². The van der Waals surface area contributed by atoms with Gasteiger partial charge in [0.1, 0.15) is 0 Å². The molecule has 1 aliphatic rings. The van der Waals surface area contributed by atoms with E-state index in [1.807, 2.05) is 0 Å². The minimum absolute atomic E-state index is 0.0839. The fraction of sp³-hybridized carbons (Fsp3) is 0.619. The summed E-state index contributed by atoms with van der Waals surface area (Å²) < 4.78 is 32.2. The van der Waals surface area contributed by atoms with Crippen LogP contribution in [0, 0.1) is 18.8 Å². The molecule has 1 saturated heterocycles. The summed E-state index contributed by atoms with van der Waals surface area (Å²) in [4.78, 5) is 26.7. The highest BCUT2D eigenvalue weighted by atomic mass is 32.2. The molecule has 1 aliphatic heterocycles. The fourth-order valence-corrected chi connectivity index (χ4v) is 5.58. The maximum absolute atomic E-state index is 12.8. The highest BCUT2D eigenvalue weighted by Gasteiger charge is 2.27. The Kier molecular flexibility index (Phi) is 7.82. The first-order chi connectivity index (χ1) is 13.6. The number of carbonyl (C=O) groups is 2. The molecular weight excluding hydrogens is 392 g/mol. The first-order valence-corrected chi connectivity index (χ1v) is 11.6. The topological polar surface area (TPSA) is 84.0 Å². The number of aryl methyl sites for hydroxylation is 1. The second-order valence-corrected chi connectivity index (χ2v) is 9.80. The van der Waals surface area contributed by atoms with E-state index in [-0.39, 0.29) is 23.0 Å². The smallest absolute Gasteiger partial charge is 0.338 e. The van der Waals surface area contributed by atoms with Gasteiger partial charge in [-0.3, -0.25) is 4.79 Å². The molecule has 162 valence electrons. The molecule has 0 bridgehead atoms. The van der Waals surface area contributed by atoms with Gasteiger partial charge in [0.25, 0.3) is 5.91 Å². The Hall–Kier alpha value is -1.93. The van der Waals surface area contributed by atoms with Crippen LogP contribution in [0.15, 0.2) is 23.1 Å². The molecule has 0 radical (unpaired) electrons. The number of likely N-dealkylation sites (tertiary alicyclic amines) is 1. The van der Waals surface area contributed by atoms with Crippen LogP contribution in [-0.2, 0) is 19.6 Å². The number of hydrogen-bond acceptors (Lipinski definition) is 5. The molecule has 0 N–H and O–H groups in total. The number of hydrogen-bond donors (Lipinski definition) is 0. The predicted octanol–water partition coefficient (Wildman–Crippen LogP) is 2.69. The quantitative estimate of drug-likeness (QED) is 0.629. The normalized spacial score (nSPS) is 20.0. The molecule has 2 rings (SSSR count).